The fourth-order valence-corrected chi connectivity index (χ4v) is 2.89. The third-order valence-electron chi connectivity index (χ3n) is 2.45. The molecule has 0 aliphatic carbocycles. The van der Waals surface area contributed by atoms with Crippen LogP contribution in [0.2, 0.25) is 0 Å². The Balaban J connectivity index is 3.17. The summed E-state index contributed by atoms with van der Waals surface area (Å²) in [6.45, 7) is 4.97. The third kappa shape index (κ3) is 4.96. The summed E-state index contributed by atoms with van der Waals surface area (Å²) in [4.78, 5) is 10.2. The summed E-state index contributed by atoms with van der Waals surface area (Å²) in [5.41, 5.74) is -0.202. The summed E-state index contributed by atoms with van der Waals surface area (Å²) in [5.74, 6) is 0. The molecule has 118 valence electrons. The number of hydrogen-bond acceptors (Lipinski definition) is 6. The predicted molar refractivity (Wildman–Crippen MR) is 78.7 cm³/mol. The van der Waals surface area contributed by atoms with E-state index in [1.807, 2.05) is 0 Å². The van der Waals surface area contributed by atoms with Crippen molar-refractivity contribution < 1.29 is 18.4 Å². The molecular weight excluding hydrogens is 298 g/mol. The second-order valence-corrected chi connectivity index (χ2v) is 6.66. The highest BCUT2D eigenvalue weighted by atomic mass is 32.2. The van der Waals surface area contributed by atoms with Crippen molar-refractivity contribution in [2.45, 2.75) is 37.8 Å². The first-order chi connectivity index (χ1) is 9.63. The van der Waals surface area contributed by atoms with Gasteiger partial charge in [-0.15, -0.1) is 0 Å². The molecule has 3 N–H and O–H groups in total. The van der Waals surface area contributed by atoms with Crippen LogP contribution in [0.25, 0.3) is 0 Å². The minimum Gasteiger partial charge on any atom is -0.392 e. The molecule has 1 aromatic carbocycles. The van der Waals surface area contributed by atoms with E-state index in [0.29, 0.717) is 0 Å². The van der Waals surface area contributed by atoms with E-state index in [1.165, 1.54) is 19.1 Å². The van der Waals surface area contributed by atoms with E-state index in [9.17, 15) is 23.6 Å². The lowest BCUT2D eigenvalue weighted by Crippen LogP contribution is -2.30. The van der Waals surface area contributed by atoms with Gasteiger partial charge in [-0.05, 0) is 32.9 Å². The molecule has 0 bridgehead atoms. The van der Waals surface area contributed by atoms with Crippen LogP contribution < -0.4 is 10.0 Å². The zero-order valence-electron chi connectivity index (χ0n) is 12.0. The lowest BCUT2D eigenvalue weighted by atomic mass is 10.2. The average molecular weight is 317 g/mol. The van der Waals surface area contributed by atoms with Crippen LogP contribution in [0, 0.1) is 10.1 Å². The number of nitrogens with zero attached hydrogens (tertiary/aromatic N) is 1. The molecule has 0 saturated heterocycles. The standard InChI is InChI=1S/C12H19N3O5S/c1-8(2)14-21(19,20)10-4-5-11(13-7-9(3)16)12(6-10)15(17)18/h4-6,8-9,13-14,16H,7H2,1-3H3/t9-/m1/s1. The van der Waals surface area contributed by atoms with Crippen molar-refractivity contribution in [2.75, 3.05) is 11.9 Å². The van der Waals surface area contributed by atoms with E-state index in [1.54, 1.807) is 13.8 Å². The second kappa shape index (κ2) is 6.83. The molecule has 0 radical (unpaired) electrons. The van der Waals surface area contributed by atoms with Crippen molar-refractivity contribution in [1.29, 1.82) is 0 Å². The van der Waals surface area contributed by atoms with E-state index in [2.05, 4.69) is 10.0 Å². The normalized spacial score (nSPS) is 13.2. The SMILES string of the molecule is CC(C)NS(=O)(=O)c1ccc(NC[C@@H](C)O)c([N+](=O)[O-])c1. The van der Waals surface area contributed by atoms with Crippen LogP contribution in [-0.4, -0.2) is 37.1 Å². The van der Waals surface area contributed by atoms with Gasteiger partial charge >= 0.3 is 0 Å². The van der Waals surface area contributed by atoms with Gasteiger partial charge in [-0.2, -0.15) is 0 Å². The molecule has 0 spiro atoms. The highest BCUT2D eigenvalue weighted by Gasteiger charge is 2.22. The Bertz CT molecular complexity index is 613. The molecule has 0 heterocycles. The number of aliphatic hydroxyl groups excluding tert-OH is 1. The van der Waals surface area contributed by atoms with Gasteiger partial charge < -0.3 is 10.4 Å². The van der Waals surface area contributed by atoms with Gasteiger partial charge in [-0.3, -0.25) is 10.1 Å². The predicted octanol–water partition coefficient (Wildman–Crippen LogP) is 1.07. The average Bonchev–Trinajstić information content (AvgIpc) is 2.34. The molecule has 0 amide bonds. The first-order valence-corrected chi connectivity index (χ1v) is 7.84. The topological polar surface area (TPSA) is 122 Å². The molecule has 1 atom stereocenters. The molecule has 0 aliphatic rings. The number of hydrogen-bond donors (Lipinski definition) is 3. The van der Waals surface area contributed by atoms with Crippen LogP contribution in [0.5, 0.6) is 0 Å². The Morgan fingerprint density at radius 2 is 1.95 bits per heavy atom. The maximum absolute atomic E-state index is 12.0. The largest absolute Gasteiger partial charge is 0.392 e. The van der Waals surface area contributed by atoms with Crippen molar-refractivity contribution in [1.82, 2.24) is 4.72 Å². The minimum atomic E-state index is -3.80. The maximum atomic E-state index is 12.0. The number of benzene rings is 1. The second-order valence-electron chi connectivity index (χ2n) is 4.94. The van der Waals surface area contributed by atoms with Gasteiger partial charge in [0.1, 0.15) is 5.69 Å². The number of nitro benzene ring substituents is 1. The Morgan fingerprint density at radius 3 is 2.43 bits per heavy atom. The first-order valence-electron chi connectivity index (χ1n) is 6.36. The minimum absolute atomic E-state index is 0.122. The van der Waals surface area contributed by atoms with Gasteiger partial charge in [0.2, 0.25) is 10.0 Å². The van der Waals surface area contributed by atoms with Crippen molar-refractivity contribution in [2.24, 2.45) is 0 Å². The Labute approximate surface area is 123 Å². The quantitative estimate of drug-likeness (QED) is 0.511. The van der Waals surface area contributed by atoms with E-state index in [0.717, 1.165) is 6.07 Å². The van der Waals surface area contributed by atoms with E-state index >= 15 is 0 Å². The van der Waals surface area contributed by atoms with Crippen molar-refractivity contribution >= 4 is 21.4 Å². The van der Waals surface area contributed by atoms with E-state index < -0.39 is 21.1 Å². The molecule has 1 rings (SSSR count). The zero-order chi connectivity index (χ0) is 16.2. The Kier molecular flexibility index (Phi) is 5.64. The number of nitro groups is 1. The maximum Gasteiger partial charge on any atom is 0.293 e. The van der Waals surface area contributed by atoms with Gasteiger partial charge in [0.25, 0.3) is 5.69 Å². The lowest BCUT2D eigenvalue weighted by molar-refractivity contribution is -0.384. The van der Waals surface area contributed by atoms with Gasteiger partial charge in [0, 0.05) is 18.7 Å². The Morgan fingerprint density at radius 1 is 1.33 bits per heavy atom. The molecule has 0 aliphatic heterocycles. The molecule has 1 aromatic rings. The van der Waals surface area contributed by atoms with Crippen molar-refractivity contribution in [3.8, 4) is 0 Å². The summed E-state index contributed by atoms with van der Waals surface area (Å²) < 4.78 is 26.4. The Hall–Kier alpha value is -1.71. The van der Waals surface area contributed by atoms with E-state index in [4.69, 9.17) is 0 Å². The molecule has 0 saturated carbocycles. The molecular formula is C12H19N3O5S. The molecule has 0 unspecified atom stereocenters. The van der Waals surface area contributed by atoms with Crippen molar-refractivity contribution in [3.05, 3.63) is 28.3 Å². The fraction of sp³-hybridized carbons (Fsp3) is 0.500. The van der Waals surface area contributed by atoms with Gasteiger partial charge in [-0.1, -0.05) is 0 Å². The molecule has 0 aromatic heterocycles. The van der Waals surface area contributed by atoms with Crippen molar-refractivity contribution in [3.63, 3.8) is 0 Å². The summed E-state index contributed by atoms with van der Waals surface area (Å²) >= 11 is 0. The van der Waals surface area contributed by atoms with E-state index in [-0.39, 0.29) is 28.9 Å². The summed E-state index contributed by atoms with van der Waals surface area (Å²) in [5, 5.41) is 23.0. The number of anilines is 1. The van der Waals surface area contributed by atoms with Gasteiger partial charge in [-0.25, -0.2) is 13.1 Å². The highest BCUT2D eigenvalue weighted by Crippen LogP contribution is 2.27. The van der Waals surface area contributed by atoms with Crippen LogP contribution >= 0.6 is 0 Å². The number of rotatable bonds is 7. The zero-order valence-corrected chi connectivity index (χ0v) is 12.8. The third-order valence-corrected chi connectivity index (χ3v) is 4.11. The molecule has 21 heavy (non-hydrogen) atoms. The lowest BCUT2D eigenvalue weighted by Gasteiger charge is -2.12. The van der Waals surface area contributed by atoms with Crippen LogP contribution in [0.4, 0.5) is 11.4 Å². The fourth-order valence-electron chi connectivity index (χ4n) is 1.62. The summed E-state index contributed by atoms with van der Waals surface area (Å²) in [7, 11) is -3.80. The van der Waals surface area contributed by atoms with Gasteiger partial charge in [0.05, 0.1) is 15.9 Å². The molecule has 9 heteroatoms. The number of aliphatic hydroxyl groups is 1. The van der Waals surface area contributed by atoms with Gasteiger partial charge in [0.15, 0.2) is 0 Å². The highest BCUT2D eigenvalue weighted by molar-refractivity contribution is 7.89. The van der Waals surface area contributed by atoms with Crippen LogP contribution in [0.15, 0.2) is 23.1 Å². The number of nitrogens with one attached hydrogen (secondary N) is 2. The first kappa shape index (κ1) is 17.3. The molecule has 0 fully saturated rings. The van der Waals surface area contributed by atoms with Crippen LogP contribution in [-0.2, 0) is 10.0 Å². The monoisotopic (exact) mass is 317 g/mol. The smallest absolute Gasteiger partial charge is 0.293 e. The summed E-state index contributed by atoms with van der Waals surface area (Å²) in [6.07, 6.45) is -0.685. The molecule has 8 nitrogen and oxygen atoms in total. The van der Waals surface area contributed by atoms with Crippen LogP contribution in [0.1, 0.15) is 20.8 Å². The summed E-state index contributed by atoms with van der Waals surface area (Å²) in [6, 6.07) is 3.27. The van der Waals surface area contributed by atoms with Crippen LogP contribution in [0.3, 0.4) is 0 Å². The number of sulfonamides is 1.